The number of carbonyl (C=O) groups is 1. The van der Waals surface area contributed by atoms with Crippen molar-refractivity contribution in [3.8, 4) is 0 Å². The van der Waals surface area contributed by atoms with Crippen molar-refractivity contribution in [2.75, 3.05) is 18.0 Å². The fraction of sp³-hybridized carbons (Fsp3) is 0.643. The molecule has 0 radical (unpaired) electrons. The molecule has 0 bridgehead atoms. The molecule has 1 aliphatic rings. The molecular weight excluding hydrogens is 256 g/mol. The maximum absolute atomic E-state index is 11.7. The van der Waals surface area contributed by atoms with Gasteiger partial charge in [0.05, 0.1) is 11.7 Å². The molecule has 2 rings (SSSR count). The normalized spacial score (nSPS) is 19.0. The summed E-state index contributed by atoms with van der Waals surface area (Å²) in [5.41, 5.74) is 0.432. The van der Waals surface area contributed by atoms with Crippen LogP contribution < -0.4 is 10.2 Å². The van der Waals surface area contributed by atoms with Gasteiger partial charge in [-0.15, -0.1) is 5.10 Å². The van der Waals surface area contributed by atoms with Crippen LogP contribution in [0.2, 0.25) is 0 Å². The Kier molecular flexibility index (Phi) is 4.11. The Morgan fingerprint density at radius 2 is 2.15 bits per heavy atom. The number of nitrogens with one attached hydrogen (secondary N) is 1. The van der Waals surface area contributed by atoms with Crippen molar-refractivity contribution in [1.82, 2.24) is 15.5 Å². The lowest BCUT2D eigenvalue weighted by Crippen LogP contribution is -2.40. The van der Waals surface area contributed by atoms with Gasteiger partial charge >= 0.3 is 6.09 Å². The summed E-state index contributed by atoms with van der Waals surface area (Å²) in [5.74, 6) is 0.851. The van der Waals surface area contributed by atoms with Crippen molar-refractivity contribution in [3.63, 3.8) is 0 Å². The minimum Gasteiger partial charge on any atom is -0.444 e. The molecule has 0 aliphatic carbocycles. The Bertz CT molecular complexity index is 467. The van der Waals surface area contributed by atoms with Crippen molar-refractivity contribution < 1.29 is 9.53 Å². The zero-order valence-electron chi connectivity index (χ0n) is 12.5. The highest BCUT2D eigenvalue weighted by atomic mass is 16.6. The van der Waals surface area contributed by atoms with Gasteiger partial charge in [0.25, 0.3) is 0 Å². The van der Waals surface area contributed by atoms with E-state index < -0.39 is 5.60 Å². The van der Waals surface area contributed by atoms with Crippen LogP contribution >= 0.6 is 0 Å². The van der Waals surface area contributed by atoms with Crippen LogP contribution in [0.3, 0.4) is 0 Å². The molecule has 0 spiro atoms. The topological polar surface area (TPSA) is 67.4 Å². The van der Waals surface area contributed by atoms with Crippen LogP contribution in [0.25, 0.3) is 0 Å². The van der Waals surface area contributed by atoms with E-state index in [0.29, 0.717) is 0 Å². The Labute approximate surface area is 119 Å². The standard InChI is InChI=1S/C14H22N4O2/c1-10-5-6-12(17-16-10)18-8-7-11(9-18)15-13(19)20-14(2,3)4/h5-6,11H,7-9H2,1-4H3,(H,15,19)/t11-/m1/s1. The molecular formula is C14H22N4O2. The van der Waals surface area contributed by atoms with Gasteiger partial charge in [0.2, 0.25) is 0 Å². The first kappa shape index (κ1) is 14.6. The molecule has 20 heavy (non-hydrogen) atoms. The second-order valence-corrected chi connectivity index (χ2v) is 6.11. The van der Waals surface area contributed by atoms with E-state index in [2.05, 4.69) is 20.4 Å². The summed E-state index contributed by atoms with van der Waals surface area (Å²) in [7, 11) is 0. The van der Waals surface area contributed by atoms with Crippen molar-refractivity contribution in [2.24, 2.45) is 0 Å². The average Bonchev–Trinajstić information content (AvgIpc) is 2.75. The third-order valence-electron chi connectivity index (χ3n) is 3.02. The van der Waals surface area contributed by atoms with E-state index in [9.17, 15) is 4.79 Å². The molecule has 0 saturated carbocycles. The SMILES string of the molecule is Cc1ccc(N2CC[C@@H](NC(=O)OC(C)(C)C)C2)nn1. The maximum Gasteiger partial charge on any atom is 0.407 e. The highest BCUT2D eigenvalue weighted by molar-refractivity contribution is 5.68. The number of aryl methyl sites for hydroxylation is 1. The summed E-state index contributed by atoms with van der Waals surface area (Å²) in [6, 6.07) is 3.99. The molecule has 1 N–H and O–H groups in total. The average molecular weight is 278 g/mol. The first-order valence-electron chi connectivity index (χ1n) is 6.88. The molecule has 6 nitrogen and oxygen atoms in total. The predicted octanol–water partition coefficient (Wildman–Crippen LogP) is 1.89. The Morgan fingerprint density at radius 1 is 1.40 bits per heavy atom. The predicted molar refractivity (Wildman–Crippen MR) is 76.8 cm³/mol. The zero-order chi connectivity index (χ0) is 14.8. The molecule has 1 aromatic heterocycles. The molecule has 2 heterocycles. The second kappa shape index (κ2) is 5.64. The molecule has 1 saturated heterocycles. The monoisotopic (exact) mass is 278 g/mol. The number of hydrogen-bond donors (Lipinski definition) is 1. The number of hydrogen-bond acceptors (Lipinski definition) is 5. The highest BCUT2D eigenvalue weighted by Gasteiger charge is 2.26. The number of amides is 1. The molecule has 1 aromatic rings. The van der Waals surface area contributed by atoms with E-state index in [4.69, 9.17) is 4.74 Å². The van der Waals surface area contributed by atoms with Gasteiger partial charge in [0, 0.05) is 13.1 Å². The fourth-order valence-electron chi connectivity index (χ4n) is 2.12. The van der Waals surface area contributed by atoms with Gasteiger partial charge in [-0.1, -0.05) is 0 Å². The van der Waals surface area contributed by atoms with Crippen LogP contribution in [0.1, 0.15) is 32.9 Å². The molecule has 1 fully saturated rings. The van der Waals surface area contributed by atoms with E-state index in [-0.39, 0.29) is 12.1 Å². The maximum atomic E-state index is 11.7. The largest absolute Gasteiger partial charge is 0.444 e. The second-order valence-electron chi connectivity index (χ2n) is 6.11. The molecule has 0 aromatic carbocycles. The van der Waals surface area contributed by atoms with Gasteiger partial charge in [-0.05, 0) is 46.2 Å². The van der Waals surface area contributed by atoms with Crippen LogP contribution in [0, 0.1) is 6.92 Å². The number of carbonyl (C=O) groups excluding carboxylic acids is 1. The van der Waals surface area contributed by atoms with E-state index in [1.807, 2.05) is 39.8 Å². The summed E-state index contributed by atoms with van der Waals surface area (Å²) in [4.78, 5) is 13.8. The Balaban J connectivity index is 1.86. The molecule has 1 aliphatic heterocycles. The van der Waals surface area contributed by atoms with Crippen LogP contribution in [-0.2, 0) is 4.74 Å². The smallest absolute Gasteiger partial charge is 0.407 e. The minimum atomic E-state index is -0.467. The van der Waals surface area contributed by atoms with Gasteiger partial charge < -0.3 is 15.0 Å². The summed E-state index contributed by atoms with van der Waals surface area (Å²) >= 11 is 0. The molecule has 1 amide bonds. The minimum absolute atomic E-state index is 0.0907. The van der Waals surface area contributed by atoms with Crippen molar-refractivity contribution in [3.05, 3.63) is 17.8 Å². The van der Waals surface area contributed by atoms with Crippen molar-refractivity contribution >= 4 is 11.9 Å². The van der Waals surface area contributed by atoms with Crippen molar-refractivity contribution in [1.29, 1.82) is 0 Å². The molecule has 0 unspecified atom stereocenters. The van der Waals surface area contributed by atoms with E-state index in [1.165, 1.54) is 0 Å². The number of ether oxygens (including phenoxy) is 1. The van der Waals surface area contributed by atoms with Gasteiger partial charge in [-0.3, -0.25) is 0 Å². The third kappa shape index (κ3) is 4.08. The zero-order valence-corrected chi connectivity index (χ0v) is 12.5. The molecule has 1 atom stereocenters. The van der Waals surface area contributed by atoms with Gasteiger partial charge in [-0.25, -0.2) is 4.79 Å². The first-order chi connectivity index (χ1) is 9.33. The Morgan fingerprint density at radius 3 is 2.75 bits per heavy atom. The fourth-order valence-corrected chi connectivity index (χ4v) is 2.12. The molecule has 6 heteroatoms. The number of nitrogens with zero attached hydrogens (tertiary/aromatic N) is 3. The summed E-state index contributed by atoms with van der Waals surface area (Å²) in [6.07, 6.45) is 0.522. The van der Waals surface area contributed by atoms with Gasteiger partial charge in [-0.2, -0.15) is 5.10 Å². The number of aromatic nitrogens is 2. The van der Waals surface area contributed by atoms with Crippen LogP contribution in [0.5, 0.6) is 0 Å². The Hall–Kier alpha value is -1.85. The lowest BCUT2D eigenvalue weighted by molar-refractivity contribution is 0.0509. The van der Waals surface area contributed by atoms with Crippen LogP contribution in [0.15, 0.2) is 12.1 Å². The van der Waals surface area contributed by atoms with E-state index in [0.717, 1.165) is 31.0 Å². The summed E-state index contributed by atoms with van der Waals surface area (Å²) in [5, 5.41) is 11.1. The summed E-state index contributed by atoms with van der Waals surface area (Å²) < 4.78 is 5.26. The lowest BCUT2D eigenvalue weighted by atomic mass is 10.2. The number of anilines is 1. The van der Waals surface area contributed by atoms with Crippen molar-refractivity contribution in [2.45, 2.75) is 45.8 Å². The first-order valence-corrected chi connectivity index (χ1v) is 6.88. The van der Waals surface area contributed by atoms with E-state index in [1.54, 1.807) is 0 Å². The lowest BCUT2D eigenvalue weighted by Gasteiger charge is -2.22. The molecule has 110 valence electrons. The van der Waals surface area contributed by atoms with Gasteiger partial charge in [0.1, 0.15) is 5.60 Å². The number of alkyl carbamates (subject to hydrolysis) is 1. The van der Waals surface area contributed by atoms with Gasteiger partial charge in [0.15, 0.2) is 5.82 Å². The third-order valence-corrected chi connectivity index (χ3v) is 3.02. The van der Waals surface area contributed by atoms with Crippen LogP contribution in [-0.4, -0.2) is 41.0 Å². The highest BCUT2D eigenvalue weighted by Crippen LogP contribution is 2.17. The number of rotatable bonds is 2. The summed E-state index contributed by atoms with van der Waals surface area (Å²) in [6.45, 7) is 9.07. The van der Waals surface area contributed by atoms with Crippen LogP contribution in [0.4, 0.5) is 10.6 Å². The van der Waals surface area contributed by atoms with E-state index >= 15 is 0 Å². The quantitative estimate of drug-likeness (QED) is 0.894.